The first-order valence-electron chi connectivity index (χ1n) is 9.04. The number of anilines is 3. The fourth-order valence-electron chi connectivity index (χ4n) is 3.75. The van der Waals surface area contributed by atoms with Crippen LogP contribution in [0, 0.1) is 6.92 Å². The maximum Gasteiger partial charge on any atom is 0.276 e. The first kappa shape index (κ1) is 17.5. The summed E-state index contributed by atoms with van der Waals surface area (Å²) in [4.78, 5) is 34.1. The highest BCUT2D eigenvalue weighted by Gasteiger charge is 2.45. The van der Waals surface area contributed by atoms with Gasteiger partial charge in [0.1, 0.15) is 35.0 Å². The zero-order valence-corrected chi connectivity index (χ0v) is 15.3. The van der Waals surface area contributed by atoms with E-state index in [1.165, 1.54) is 6.33 Å². The molecule has 1 fully saturated rings. The van der Waals surface area contributed by atoms with E-state index in [1.54, 1.807) is 16.7 Å². The monoisotopic (exact) mass is 370 g/mol. The van der Waals surface area contributed by atoms with Gasteiger partial charge in [0, 0.05) is 25.5 Å². The molecule has 4 rings (SSSR count). The first-order chi connectivity index (χ1) is 13.0. The summed E-state index contributed by atoms with van der Waals surface area (Å²) in [6.45, 7) is 5.54. The number of rotatable bonds is 4. The van der Waals surface area contributed by atoms with Gasteiger partial charge in [0.05, 0.1) is 13.2 Å². The summed E-state index contributed by atoms with van der Waals surface area (Å²) >= 11 is 0. The molecule has 0 aliphatic carbocycles. The summed E-state index contributed by atoms with van der Waals surface area (Å²) in [5.41, 5.74) is 0.562. The van der Waals surface area contributed by atoms with Gasteiger partial charge in [0.25, 0.3) is 11.5 Å². The van der Waals surface area contributed by atoms with Crippen LogP contribution < -0.4 is 21.5 Å². The van der Waals surface area contributed by atoms with Crippen LogP contribution in [-0.4, -0.2) is 40.2 Å². The Labute approximate surface area is 156 Å². The Bertz CT molecular complexity index is 949. The van der Waals surface area contributed by atoms with Gasteiger partial charge in [-0.25, -0.2) is 9.97 Å². The summed E-state index contributed by atoms with van der Waals surface area (Å²) < 4.78 is 7.03. The second kappa shape index (κ2) is 6.66. The Balaban J connectivity index is 1.77. The van der Waals surface area contributed by atoms with E-state index in [2.05, 4.69) is 25.9 Å². The minimum atomic E-state index is -0.717. The third-order valence-corrected chi connectivity index (χ3v) is 4.99. The van der Waals surface area contributed by atoms with E-state index in [1.807, 2.05) is 13.8 Å². The highest BCUT2D eigenvalue weighted by atomic mass is 16.5. The second-order valence-corrected chi connectivity index (χ2v) is 6.77. The molecule has 2 aromatic rings. The predicted octanol–water partition coefficient (Wildman–Crippen LogP) is 1.33. The van der Waals surface area contributed by atoms with Gasteiger partial charge < -0.3 is 20.7 Å². The zero-order chi connectivity index (χ0) is 19.0. The molecule has 27 heavy (non-hydrogen) atoms. The summed E-state index contributed by atoms with van der Waals surface area (Å²) in [6.07, 6.45) is 2.56. The van der Waals surface area contributed by atoms with Gasteiger partial charge in [-0.1, -0.05) is 0 Å². The summed E-state index contributed by atoms with van der Waals surface area (Å²) in [7, 11) is 0. The molecule has 142 valence electrons. The van der Waals surface area contributed by atoms with Gasteiger partial charge in [0.15, 0.2) is 0 Å². The second-order valence-electron chi connectivity index (χ2n) is 6.77. The number of carbonyl (C=O) groups excluding carboxylic acids is 1. The number of fused-ring (bicyclic) bond motifs is 2. The van der Waals surface area contributed by atoms with Crippen molar-refractivity contribution >= 4 is 23.2 Å². The van der Waals surface area contributed by atoms with Crippen LogP contribution in [0.4, 0.5) is 17.3 Å². The van der Waals surface area contributed by atoms with E-state index in [9.17, 15) is 9.59 Å². The van der Waals surface area contributed by atoms with Gasteiger partial charge in [-0.05, 0) is 25.5 Å². The summed E-state index contributed by atoms with van der Waals surface area (Å²) in [6, 6.07) is 3.44. The van der Waals surface area contributed by atoms with Crippen LogP contribution in [0.25, 0.3) is 0 Å². The van der Waals surface area contributed by atoms with Gasteiger partial charge in [-0.15, -0.1) is 0 Å². The molecule has 9 heteroatoms. The number of hydrogen-bond acceptors (Lipinski definition) is 7. The average molecular weight is 370 g/mol. The highest BCUT2D eigenvalue weighted by Crippen LogP contribution is 2.33. The molecule has 0 bridgehead atoms. The van der Waals surface area contributed by atoms with Crippen LogP contribution >= 0.6 is 0 Å². The number of pyridine rings is 1. The topological polar surface area (TPSA) is 110 Å². The number of amides is 1. The highest BCUT2D eigenvalue weighted by molar-refractivity contribution is 5.97. The molecule has 3 N–H and O–H groups in total. The molecule has 0 saturated carbocycles. The molecular formula is C18H22N6O3. The number of nitrogens with one attached hydrogen (secondary N) is 3. The first-order valence-corrected chi connectivity index (χ1v) is 9.04. The lowest BCUT2D eigenvalue weighted by atomic mass is 10.0. The molecule has 1 spiro atoms. The third-order valence-electron chi connectivity index (χ3n) is 4.99. The molecule has 0 radical (unpaired) electrons. The lowest BCUT2D eigenvalue weighted by Gasteiger charge is -2.35. The number of aromatic nitrogens is 3. The van der Waals surface area contributed by atoms with E-state index < -0.39 is 5.66 Å². The molecule has 9 nitrogen and oxygen atoms in total. The Morgan fingerprint density at radius 1 is 1.22 bits per heavy atom. The van der Waals surface area contributed by atoms with E-state index in [4.69, 9.17) is 4.74 Å². The molecule has 1 saturated heterocycles. The van der Waals surface area contributed by atoms with Crippen molar-refractivity contribution < 1.29 is 9.53 Å². The summed E-state index contributed by atoms with van der Waals surface area (Å²) in [5.74, 6) is 0.969. The zero-order valence-electron chi connectivity index (χ0n) is 15.3. The van der Waals surface area contributed by atoms with Crippen molar-refractivity contribution in [3.8, 4) is 0 Å². The van der Waals surface area contributed by atoms with Crippen molar-refractivity contribution in [1.29, 1.82) is 0 Å². The lowest BCUT2D eigenvalue weighted by molar-refractivity contribution is 0.0120. The Hall–Kier alpha value is -2.94. The van der Waals surface area contributed by atoms with Gasteiger partial charge in [-0.3, -0.25) is 14.2 Å². The van der Waals surface area contributed by atoms with Crippen LogP contribution in [0.2, 0.25) is 0 Å². The van der Waals surface area contributed by atoms with Crippen molar-refractivity contribution in [2.45, 2.75) is 32.4 Å². The Morgan fingerprint density at radius 3 is 2.70 bits per heavy atom. The van der Waals surface area contributed by atoms with Gasteiger partial charge in [0.2, 0.25) is 0 Å². The SMILES string of the molecule is CCNc1cc(Nc2cc(C)c3n(c2=O)C2(CCOCC2)NC3=O)ncn1. The largest absolute Gasteiger partial charge is 0.381 e. The molecule has 0 aromatic carbocycles. The van der Waals surface area contributed by atoms with E-state index >= 15 is 0 Å². The maximum atomic E-state index is 13.3. The quantitative estimate of drug-likeness (QED) is 0.745. The van der Waals surface area contributed by atoms with E-state index in [-0.39, 0.29) is 11.5 Å². The number of carbonyl (C=O) groups is 1. The van der Waals surface area contributed by atoms with Crippen molar-refractivity contribution in [2.75, 3.05) is 30.4 Å². The van der Waals surface area contributed by atoms with E-state index in [0.29, 0.717) is 49.1 Å². The van der Waals surface area contributed by atoms with Crippen molar-refractivity contribution in [3.05, 3.63) is 40.1 Å². The third kappa shape index (κ3) is 2.93. The van der Waals surface area contributed by atoms with Crippen LogP contribution in [0.3, 0.4) is 0 Å². The normalized spacial score (nSPS) is 17.5. The molecule has 2 aliphatic heterocycles. The van der Waals surface area contributed by atoms with E-state index in [0.717, 1.165) is 12.1 Å². The molecule has 2 aromatic heterocycles. The molecule has 4 heterocycles. The van der Waals surface area contributed by atoms with Crippen molar-refractivity contribution in [2.24, 2.45) is 0 Å². The van der Waals surface area contributed by atoms with Crippen molar-refractivity contribution in [1.82, 2.24) is 19.9 Å². The minimum Gasteiger partial charge on any atom is -0.381 e. The van der Waals surface area contributed by atoms with Crippen LogP contribution in [0.15, 0.2) is 23.3 Å². The van der Waals surface area contributed by atoms with Gasteiger partial charge >= 0.3 is 0 Å². The fraction of sp³-hybridized carbons (Fsp3) is 0.444. The van der Waals surface area contributed by atoms with Crippen LogP contribution in [0.1, 0.15) is 35.8 Å². The average Bonchev–Trinajstić information content (AvgIpc) is 2.93. The minimum absolute atomic E-state index is 0.213. The molecule has 1 amide bonds. The van der Waals surface area contributed by atoms with Crippen LogP contribution in [-0.2, 0) is 10.4 Å². The number of ether oxygens (including phenoxy) is 1. The lowest BCUT2D eigenvalue weighted by Crippen LogP contribution is -2.51. The number of aryl methyl sites for hydroxylation is 1. The fourth-order valence-corrected chi connectivity index (χ4v) is 3.75. The smallest absolute Gasteiger partial charge is 0.276 e. The van der Waals surface area contributed by atoms with Gasteiger partial charge in [-0.2, -0.15) is 0 Å². The Kier molecular flexibility index (Phi) is 4.31. The maximum absolute atomic E-state index is 13.3. The predicted molar refractivity (Wildman–Crippen MR) is 100 cm³/mol. The standard InChI is InChI=1S/C18H22N6O3/c1-3-19-13-9-14(21-10-20-13)22-12-8-11(2)15-16(25)23-18(24(15)17(12)26)4-6-27-7-5-18/h8-10H,3-7H2,1-2H3,(H,23,25)(H2,19,20,21,22). The molecular weight excluding hydrogens is 348 g/mol. The summed E-state index contributed by atoms with van der Waals surface area (Å²) in [5, 5.41) is 9.21. The number of hydrogen-bond donors (Lipinski definition) is 3. The molecule has 0 atom stereocenters. The number of nitrogens with zero attached hydrogens (tertiary/aromatic N) is 3. The molecule has 0 unspecified atom stereocenters. The Morgan fingerprint density at radius 2 is 1.96 bits per heavy atom. The van der Waals surface area contributed by atoms with Crippen molar-refractivity contribution in [3.63, 3.8) is 0 Å². The van der Waals surface area contributed by atoms with Crippen LogP contribution in [0.5, 0.6) is 0 Å². The molecule has 2 aliphatic rings.